The average Bonchev–Trinajstić information content (AvgIpc) is 2.74. The smallest absolute Gasteiger partial charge is 0.226 e. The number of nitrogens with zero attached hydrogens (tertiary/aromatic N) is 1. The minimum Gasteiger partial charge on any atom is -0.339 e. The SMILES string of the molecule is CC(=O)CC1CCCCN1C(=O)C1CCCC1C. The molecule has 1 aliphatic heterocycles. The number of carbonyl (C=O) groups is 2. The highest BCUT2D eigenvalue weighted by atomic mass is 16.2. The third-order valence-corrected chi connectivity index (χ3v) is 4.61. The number of amides is 1. The van der Waals surface area contributed by atoms with E-state index in [0.29, 0.717) is 18.2 Å². The number of rotatable bonds is 3. The van der Waals surface area contributed by atoms with Crippen molar-refractivity contribution in [2.75, 3.05) is 6.54 Å². The normalized spacial score (nSPS) is 32.6. The van der Waals surface area contributed by atoms with E-state index in [1.807, 2.05) is 4.90 Å². The zero-order valence-corrected chi connectivity index (χ0v) is 11.7. The van der Waals surface area contributed by atoms with Crippen LogP contribution in [0.25, 0.3) is 0 Å². The molecular weight excluding hydrogens is 226 g/mol. The Morgan fingerprint density at radius 2 is 1.89 bits per heavy atom. The van der Waals surface area contributed by atoms with Crippen LogP contribution < -0.4 is 0 Å². The molecule has 0 aromatic heterocycles. The molecule has 1 amide bonds. The van der Waals surface area contributed by atoms with Gasteiger partial charge in [-0.15, -0.1) is 0 Å². The minimum atomic E-state index is 0.177. The number of hydrogen-bond acceptors (Lipinski definition) is 2. The number of hydrogen-bond donors (Lipinski definition) is 0. The van der Waals surface area contributed by atoms with E-state index in [1.165, 1.54) is 12.8 Å². The molecule has 0 aromatic rings. The summed E-state index contributed by atoms with van der Waals surface area (Å²) in [5.41, 5.74) is 0. The van der Waals surface area contributed by atoms with Gasteiger partial charge in [-0.3, -0.25) is 9.59 Å². The van der Waals surface area contributed by atoms with Gasteiger partial charge in [-0.05, 0) is 44.9 Å². The lowest BCUT2D eigenvalue weighted by Gasteiger charge is -2.37. The first kappa shape index (κ1) is 13.6. The second kappa shape index (κ2) is 5.85. The second-order valence-corrected chi connectivity index (χ2v) is 6.10. The van der Waals surface area contributed by atoms with Crippen molar-refractivity contribution in [2.24, 2.45) is 11.8 Å². The van der Waals surface area contributed by atoms with Gasteiger partial charge in [-0.1, -0.05) is 13.3 Å². The van der Waals surface area contributed by atoms with Crippen LogP contribution in [0.3, 0.4) is 0 Å². The van der Waals surface area contributed by atoms with Gasteiger partial charge < -0.3 is 4.90 Å². The van der Waals surface area contributed by atoms with Crippen LogP contribution in [0.5, 0.6) is 0 Å². The van der Waals surface area contributed by atoms with Crippen LogP contribution in [0.2, 0.25) is 0 Å². The van der Waals surface area contributed by atoms with Gasteiger partial charge in [0.25, 0.3) is 0 Å². The molecule has 3 nitrogen and oxygen atoms in total. The zero-order valence-electron chi connectivity index (χ0n) is 11.7. The topological polar surface area (TPSA) is 37.4 Å². The molecule has 2 rings (SSSR count). The molecule has 102 valence electrons. The Balaban J connectivity index is 2.03. The van der Waals surface area contributed by atoms with Crippen molar-refractivity contribution in [1.29, 1.82) is 0 Å². The van der Waals surface area contributed by atoms with E-state index in [9.17, 15) is 9.59 Å². The van der Waals surface area contributed by atoms with Gasteiger partial charge in [0.2, 0.25) is 5.91 Å². The Kier molecular flexibility index (Phi) is 4.41. The first-order chi connectivity index (χ1) is 8.59. The second-order valence-electron chi connectivity index (χ2n) is 6.10. The summed E-state index contributed by atoms with van der Waals surface area (Å²) >= 11 is 0. The van der Waals surface area contributed by atoms with Gasteiger partial charge >= 0.3 is 0 Å². The van der Waals surface area contributed by atoms with Crippen molar-refractivity contribution in [3.63, 3.8) is 0 Å². The summed E-state index contributed by atoms with van der Waals surface area (Å²) in [6.45, 7) is 4.69. The molecule has 3 atom stereocenters. The molecule has 0 N–H and O–H groups in total. The summed E-state index contributed by atoms with van der Waals surface area (Å²) in [6.07, 6.45) is 7.22. The monoisotopic (exact) mass is 251 g/mol. The Hall–Kier alpha value is -0.860. The van der Waals surface area contributed by atoms with E-state index in [4.69, 9.17) is 0 Å². The van der Waals surface area contributed by atoms with E-state index in [-0.39, 0.29) is 17.7 Å². The molecule has 3 unspecified atom stereocenters. The van der Waals surface area contributed by atoms with E-state index >= 15 is 0 Å². The Labute approximate surface area is 110 Å². The molecular formula is C15H25NO2. The number of Topliss-reactive ketones (excluding diaryl/α,β-unsaturated/α-hetero) is 1. The van der Waals surface area contributed by atoms with Crippen LogP contribution in [0.15, 0.2) is 0 Å². The average molecular weight is 251 g/mol. The van der Waals surface area contributed by atoms with Crippen LogP contribution in [-0.4, -0.2) is 29.2 Å². The molecule has 18 heavy (non-hydrogen) atoms. The molecule has 1 heterocycles. The maximum atomic E-state index is 12.6. The largest absolute Gasteiger partial charge is 0.339 e. The summed E-state index contributed by atoms with van der Waals surface area (Å²) in [4.78, 5) is 26.0. The van der Waals surface area contributed by atoms with Crippen molar-refractivity contribution in [3.8, 4) is 0 Å². The zero-order chi connectivity index (χ0) is 13.1. The maximum Gasteiger partial charge on any atom is 0.226 e. The van der Waals surface area contributed by atoms with Gasteiger partial charge in [-0.25, -0.2) is 0 Å². The lowest BCUT2D eigenvalue weighted by molar-refractivity contribution is -0.141. The number of piperidine rings is 1. The highest BCUT2D eigenvalue weighted by Gasteiger charge is 2.36. The Bertz CT molecular complexity index is 326. The predicted octanol–water partition coefficient (Wildman–Crippen LogP) is 2.78. The summed E-state index contributed by atoms with van der Waals surface area (Å²) in [5.74, 6) is 1.28. The van der Waals surface area contributed by atoms with Crippen LogP contribution in [0.1, 0.15) is 58.8 Å². The standard InChI is InChI=1S/C15H25NO2/c1-11-6-5-8-14(11)15(18)16-9-4-3-7-13(16)10-12(2)17/h11,13-14H,3-10H2,1-2H3. The fourth-order valence-electron chi connectivity index (χ4n) is 3.56. The molecule has 0 radical (unpaired) electrons. The summed E-state index contributed by atoms with van der Waals surface area (Å²) in [7, 11) is 0. The molecule has 1 aliphatic carbocycles. The lowest BCUT2D eigenvalue weighted by atomic mass is 9.92. The first-order valence-corrected chi connectivity index (χ1v) is 7.39. The van der Waals surface area contributed by atoms with E-state index in [0.717, 1.165) is 32.2 Å². The fraction of sp³-hybridized carbons (Fsp3) is 0.867. The number of likely N-dealkylation sites (tertiary alicyclic amines) is 1. The molecule has 1 saturated heterocycles. The first-order valence-electron chi connectivity index (χ1n) is 7.39. The van der Waals surface area contributed by atoms with Crippen molar-refractivity contribution in [3.05, 3.63) is 0 Å². The lowest BCUT2D eigenvalue weighted by Crippen LogP contribution is -2.47. The molecule has 2 aliphatic rings. The van der Waals surface area contributed by atoms with E-state index < -0.39 is 0 Å². The maximum absolute atomic E-state index is 12.6. The quantitative estimate of drug-likeness (QED) is 0.773. The highest BCUT2D eigenvalue weighted by Crippen LogP contribution is 2.34. The highest BCUT2D eigenvalue weighted by molar-refractivity contribution is 5.81. The van der Waals surface area contributed by atoms with E-state index in [2.05, 4.69) is 6.92 Å². The van der Waals surface area contributed by atoms with Crippen LogP contribution in [0, 0.1) is 11.8 Å². The van der Waals surface area contributed by atoms with Crippen LogP contribution in [-0.2, 0) is 9.59 Å². The van der Waals surface area contributed by atoms with Crippen LogP contribution >= 0.6 is 0 Å². The fourth-order valence-corrected chi connectivity index (χ4v) is 3.56. The van der Waals surface area contributed by atoms with Gasteiger partial charge in [0, 0.05) is 24.9 Å². The van der Waals surface area contributed by atoms with Crippen molar-refractivity contribution in [1.82, 2.24) is 4.90 Å². The summed E-state index contributed by atoms with van der Waals surface area (Å²) in [6, 6.07) is 0.177. The molecule has 0 bridgehead atoms. The Morgan fingerprint density at radius 1 is 1.11 bits per heavy atom. The van der Waals surface area contributed by atoms with Gasteiger partial charge in [0.15, 0.2) is 0 Å². The summed E-state index contributed by atoms with van der Waals surface area (Å²) < 4.78 is 0. The van der Waals surface area contributed by atoms with Crippen LogP contribution in [0.4, 0.5) is 0 Å². The van der Waals surface area contributed by atoms with Crippen molar-refractivity contribution >= 4 is 11.7 Å². The molecule has 3 heteroatoms. The minimum absolute atomic E-state index is 0.177. The van der Waals surface area contributed by atoms with Crippen molar-refractivity contribution < 1.29 is 9.59 Å². The molecule has 1 saturated carbocycles. The van der Waals surface area contributed by atoms with Gasteiger partial charge in [0.1, 0.15) is 5.78 Å². The Morgan fingerprint density at radius 3 is 2.50 bits per heavy atom. The third-order valence-electron chi connectivity index (χ3n) is 4.61. The molecule has 0 spiro atoms. The predicted molar refractivity (Wildman–Crippen MR) is 71.2 cm³/mol. The summed E-state index contributed by atoms with van der Waals surface area (Å²) in [5, 5.41) is 0. The van der Waals surface area contributed by atoms with Gasteiger partial charge in [0.05, 0.1) is 0 Å². The molecule has 0 aromatic carbocycles. The third kappa shape index (κ3) is 2.93. The number of carbonyl (C=O) groups excluding carboxylic acids is 2. The number of ketones is 1. The van der Waals surface area contributed by atoms with E-state index in [1.54, 1.807) is 6.92 Å². The van der Waals surface area contributed by atoms with Gasteiger partial charge in [-0.2, -0.15) is 0 Å². The van der Waals surface area contributed by atoms with Crippen molar-refractivity contribution in [2.45, 2.75) is 64.8 Å². The molecule has 2 fully saturated rings.